The van der Waals surface area contributed by atoms with Crippen molar-refractivity contribution in [2.45, 2.75) is 32.9 Å². The zero-order chi connectivity index (χ0) is 25.9. The molecule has 0 atom stereocenters. The smallest absolute Gasteiger partial charge is 0.330 e. The van der Waals surface area contributed by atoms with Crippen molar-refractivity contribution < 1.29 is 19.0 Å². The van der Waals surface area contributed by atoms with Crippen LogP contribution in [0.3, 0.4) is 0 Å². The Bertz CT molecular complexity index is 1270. The van der Waals surface area contributed by atoms with Gasteiger partial charge >= 0.3 is 5.69 Å². The van der Waals surface area contributed by atoms with Crippen molar-refractivity contribution in [1.29, 1.82) is 0 Å². The number of aromatic amines is 1. The number of aromatic nitrogens is 2. The Labute approximate surface area is 209 Å². The number of hydrogen-bond donors (Lipinski definition) is 3. The summed E-state index contributed by atoms with van der Waals surface area (Å²) in [5.41, 5.74) is -0.0386. The van der Waals surface area contributed by atoms with E-state index < -0.39 is 17.2 Å². The standard InChI is InChI=1S/C26H32N4O6/c1-4-5-14-36-20-12-11-19(16-21(20)35-3)24(31)28-23-22(27-17-18-9-7-6-8-10-18)25(32)29-26(33)30(23)13-15-34-2/h6-12,16,27H,4-5,13-15,17H2,1-3H3,(H,28,31)(H,29,32,33). The molecule has 0 fully saturated rings. The molecule has 1 aromatic heterocycles. The minimum absolute atomic E-state index is 0.0453. The number of ether oxygens (including phenoxy) is 3. The van der Waals surface area contributed by atoms with Crippen molar-refractivity contribution in [3.05, 3.63) is 80.5 Å². The SMILES string of the molecule is CCCCOc1ccc(C(=O)Nc2c(NCc3ccccc3)c(=O)[nH]c(=O)n2CCOC)cc1OC. The minimum atomic E-state index is -0.658. The molecule has 0 saturated carbocycles. The lowest BCUT2D eigenvalue weighted by atomic mass is 10.2. The summed E-state index contributed by atoms with van der Waals surface area (Å²) in [7, 11) is 2.99. The number of hydrogen-bond acceptors (Lipinski definition) is 7. The van der Waals surface area contributed by atoms with E-state index >= 15 is 0 Å². The Morgan fingerprint density at radius 1 is 1.03 bits per heavy atom. The topological polar surface area (TPSA) is 124 Å². The Balaban J connectivity index is 1.94. The Kier molecular flexibility index (Phi) is 9.70. The maximum Gasteiger partial charge on any atom is 0.330 e. The average Bonchev–Trinajstić information content (AvgIpc) is 2.89. The summed E-state index contributed by atoms with van der Waals surface area (Å²) >= 11 is 0. The normalized spacial score (nSPS) is 10.6. The van der Waals surface area contributed by atoms with Crippen LogP contribution in [0.2, 0.25) is 0 Å². The van der Waals surface area contributed by atoms with Crippen LogP contribution in [0, 0.1) is 0 Å². The maximum absolute atomic E-state index is 13.2. The Morgan fingerprint density at radius 3 is 2.50 bits per heavy atom. The van der Waals surface area contributed by atoms with Gasteiger partial charge in [0.15, 0.2) is 11.5 Å². The molecule has 0 aliphatic heterocycles. The number of nitrogens with one attached hydrogen (secondary N) is 3. The molecule has 0 aliphatic carbocycles. The highest BCUT2D eigenvalue weighted by Gasteiger charge is 2.19. The first kappa shape index (κ1) is 26.6. The largest absolute Gasteiger partial charge is 0.493 e. The van der Waals surface area contributed by atoms with E-state index in [-0.39, 0.29) is 30.2 Å². The number of carbonyl (C=O) groups is 1. The number of anilines is 2. The molecule has 0 radical (unpaired) electrons. The molecule has 1 heterocycles. The molecule has 3 rings (SSSR count). The van der Waals surface area contributed by atoms with Gasteiger partial charge in [-0.05, 0) is 30.2 Å². The number of methoxy groups -OCH3 is 2. The van der Waals surface area contributed by atoms with E-state index in [0.717, 1.165) is 18.4 Å². The van der Waals surface area contributed by atoms with E-state index in [1.807, 2.05) is 30.3 Å². The molecule has 0 unspecified atom stereocenters. The van der Waals surface area contributed by atoms with Crippen LogP contribution in [0.15, 0.2) is 58.1 Å². The predicted octanol–water partition coefficient (Wildman–Crippen LogP) is 3.23. The number of nitrogens with zero attached hydrogens (tertiary/aromatic N) is 1. The lowest BCUT2D eigenvalue weighted by Gasteiger charge is -2.18. The molecule has 10 heteroatoms. The summed E-state index contributed by atoms with van der Waals surface area (Å²) in [5.74, 6) is 0.459. The van der Waals surface area contributed by atoms with Gasteiger partial charge in [0.1, 0.15) is 11.5 Å². The Hall–Kier alpha value is -4.05. The zero-order valence-corrected chi connectivity index (χ0v) is 20.8. The van der Waals surface area contributed by atoms with Gasteiger partial charge in [-0.1, -0.05) is 43.7 Å². The summed E-state index contributed by atoms with van der Waals surface area (Å²) in [4.78, 5) is 40.9. The van der Waals surface area contributed by atoms with E-state index in [2.05, 4.69) is 22.5 Å². The van der Waals surface area contributed by atoms with E-state index in [1.54, 1.807) is 18.2 Å². The second-order valence-corrected chi connectivity index (χ2v) is 7.99. The second-order valence-electron chi connectivity index (χ2n) is 7.99. The summed E-state index contributed by atoms with van der Waals surface area (Å²) in [5, 5.41) is 5.79. The molecule has 3 aromatic rings. The van der Waals surface area contributed by atoms with Gasteiger partial charge in [-0.25, -0.2) is 4.79 Å². The molecule has 36 heavy (non-hydrogen) atoms. The van der Waals surface area contributed by atoms with E-state index in [4.69, 9.17) is 14.2 Å². The molecular formula is C26H32N4O6. The third-order valence-corrected chi connectivity index (χ3v) is 5.44. The van der Waals surface area contributed by atoms with Crippen molar-refractivity contribution in [1.82, 2.24) is 9.55 Å². The van der Waals surface area contributed by atoms with Crippen LogP contribution in [0.4, 0.5) is 11.5 Å². The van der Waals surface area contributed by atoms with Gasteiger partial charge < -0.3 is 24.8 Å². The van der Waals surface area contributed by atoms with Gasteiger partial charge in [-0.15, -0.1) is 0 Å². The van der Waals surface area contributed by atoms with E-state index in [9.17, 15) is 14.4 Å². The highest BCUT2D eigenvalue weighted by molar-refractivity contribution is 6.05. The van der Waals surface area contributed by atoms with Crippen LogP contribution in [0.1, 0.15) is 35.7 Å². The zero-order valence-electron chi connectivity index (χ0n) is 20.8. The molecule has 3 N–H and O–H groups in total. The third-order valence-electron chi connectivity index (χ3n) is 5.44. The van der Waals surface area contributed by atoms with E-state index in [0.29, 0.717) is 24.7 Å². The summed E-state index contributed by atoms with van der Waals surface area (Å²) in [6.45, 7) is 3.23. The van der Waals surface area contributed by atoms with Gasteiger partial charge in [0.2, 0.25) is 0 Å². The number of amides is 1. The van der Waals surface area contributed by atoms with Gasteiger partial charge in [0.05, 0.1) is 26.9 Å². The van der Waals surface area contributed by atoms with Crippen LogP contribution in [0.5, 0.6) is 11.5 Å². The summed E-state index contributed by atoms with van der Waals surface area (Å²) in [6.07, 6.45) is 1.89. The van der Waals surface area contributed by atoms with Gasteiger partial charge in [0.25, 0.3) is 11.5 Å². The van der Waals surface area contributed by atoms with Crippen molar-refractivity contribution in [2.24, 2.45) is 0 Å². The van der Waals surface area contributed by atoms with Gasteiger partial charge in [-0.3, -0.25) is 19.1 Å². The van der Waals surface area contributed by atoms with Crippen LogP contribution < -0.4 is 31.4 Å². The van der Waals surface area contributed by atoms with Crippen molar-refractivity contribution >= 4 is 17.4 Å². The first-order valence-electron chi connectivity index (χ1n) is 11.7. The molecule has 0 bridgehead atoms. The van der Waals surface area contributed by atoms with Gasteiger partial charge in [0, 0.05) is 19.2 Å². The fourth-order valence-electron chi connectivity index (χ4n) is 3.48. The van der Waals surface area contributed by atoms with Crippen molar-refractivity contribution in [2.75, 3.05) is 38.1 Å². The highest BCUT2D eigenvalue weighted by atomic mass is 16.5. The average molecular weight is 497 g/mol. The van der Waals surface area contributed by atoms with Crippen molar-refractivity contribution in [3.8, 4) is 11.5 Å². The molecule has 0 saturated heterocycles. The second kappa shape index (κ2) is 13.1. The first-order valence-corrected chi connectivity index (χ1v) is 11.7. The number of rotatable bonds is 13. The number of unbranched alkanes of at least 4 members (excludes halogenated alkanes) is 1. The quantitative estimate of drug-likeness (QED) is 0.310. The lowest BCUT2D eigenvalue weighted by Crippen LogP contribution is -2.36. The van der Waals surface area contributed by atoms with Crippen molar-refractivity contribution in [3.63, 3.8) is 0 Å². The van der Waals surface area contributed by atoms with Crippen LogP contribution in [0.25, 0.3) is 0 Å². The van der Waals surface area contributed by atoms with E-state index in [1.165, 1.54) is 18.8 Å². The van der Waals surface area contributed by atoms with Crippen LogP contribution >= 0.6 is 0 Å². The number of benzene rings is 2. The van der Waals surface area contributed by atoms with Crippen LogP contribution in [-0.4, -0.2) is 42.9 Å². The first-order chi connectivity index (χ1) is 17.5. The minimum Gasteiger partial charge on any atom is -0.493 e. The lowest BCUT2D eigenvalue weighted by molar-refractivity contribution is 0.102. The molecule has 2 aromatic carbocycles. The highest BCUT2D eigenvalue weighted by Crippen LogP contribution is 2.29. The molecular weight excluding hydrogens is 464 g/mol. The molecule has 0 spiro atoms. The maximum atomic E-state index is 13.2. The fourth-order valence-corrected chi connectivity index (χ4v) is 3.48. The van der Waals surface area contributed by atoms with Gasteiger partial charge in [-0.2, -0.15) is 0 Å². The third kappa shape index (κ3) is 6.76. The summed E-state index contributed by atoms with van der Waals surface area (Å²) < 4.78 is 17.5. The summed E-state index contributed by atoms with van der Waals surface area (Å²) in [6, 6.07) is 14.3. The fraction of sp³-hybridized carbons (Fsp3) is 0.346. The molecule has 0 aliphatic rings. The van der Waals surface area contributed by atoms with Crippen LogP contribution in [-0.2, 0) is 17.8 Å². The monoisotopic (exact) mass is 496 g/mol. The molecule has 1 amide bonds. The number of carbonyl (C=O) groups excluding carboxylic acids is 1. The predicted molar refractivity (Wildman–Crippen MR) is 138 cm³/mol. The Morgan fingerprint density at radius 2 is 1.81 bits per heavy atom. The number of H-pyrrole nitrogens is 1. The molecule has 192 valence electrons. The molecule has 10 nitrogen and oxygen atoms in total.